The van der Waals surface area contributed by atoms with Crippen LogP contribution in [0.15, 0.2) is 28.9 Å². The largest absolute Gasteiger partial charge is 0.496 e. The second-order valence-electron chi connectivity index (χ2n) is 4.06. The Morgan fingerprint density at radius 2 is 2.18 bits per heavy atom. The summed E-state index contributed by atoms with van der Waals surface area (Å²) in [5.41, 5.74) is 1.60. The number of carbonyl (C=O) groups excluding carboxylic acids is 1. The van der Waals surface area contributed by atoms with Crippen molar-refractivity contribution in [1.82, 2.24) is 4.90 Å². The van der Waals surface area contributed by atoms with Gasteiger partial charge < -0.3 is 14.1 Å². The van der Waals surface area contributed by atoms with Gasteiger partial charge in [0.25, 0.3) is 0 Å². The summed E-state index contributed by atoms with van der Waals surface area (Å²) in [6, 6.07) is 5.59. The number of furan rings is 1. The molecule has 4 nitrogen and oxygen atoms in total. The third kappa shape index (κ3) is 2.11. The van der Waals surface area contributed by atoms with Crippen molar-refractivity contribution in [3.8, 4) is 5.75 Å². The maximum absolute atomic E-state index is 11.7. The van der Waals surface area contributed by atoms with Gasteiger partial charge in [0.2, 0.25) is 5.91 Å². The highest BCUT2D eigenvalue weighted by molar-refractivity contribution is 5.91. The van der Waals surface area contributed by atoms with E-state index in [0.29, 0.717) is 6.42 Å². The number of fused-ring (bicyclic) bond motifs is 1. The first-order valence-electron chi connectivity index (χ1n) is 5.36. The van der Waals surface area contributed by atoms with Gasteiger partial charge in [-0.05, 0) is 12.1 Å². The van der Waals surface area contributed by atoms with Crippen LogP contribution in [0.1, 0.15) is 5.56 Å². The normalized spacial score (nSPS) is 10.5. The molecule has 0 spiro atoms. The Morgan fingerprint density at radius 3 is 2.82 bits per heavy atom. The number of ether oxygens (including phenoxy) is 1. The fourth-order valence-electron chi connectivity index (χ4n) is 1.74. The minimum atomic E-state index is 0.0404. The standard InChI is InChI=1S/C13H15NO3/c1-14(2)12(15)7-9-8-17-11-6-4-5-10(16-3)13(9)11/h4-6,8H,7H2,1-3H3. The smallest absolute Gasteiger partial charge is 0.226 e. The lowest BCUT2D eigenvalue weighted by atomic mass is 10.1. The van der Waals surface area contributed by atoms with E-state index in [1.165, 1.54) is 0 Å². The van der Waals surface area contributed by atoms with Gasteiger partial charge in [-0.25, -0.2) is 0 Å². The molecule has 1 amide bonds. The zero-order chi connectivity index (χ0) is 12.4. The molecule has 0 fully saturated rings. The average molecular weight is 233 g/mol. The van der Waals surface area contributed by atoms with E-state index in [1.54, 1.807) is 32.4 Å². The highest BCUT2D eigenvalue weighted by Gasteiger charge is 2.14. The Hall–Kier alpha value is -1.97. The number of amides is 1. The van der Waals surface area contributed by atoms with Crippen LogP contribution in [0.2, 0.25) is 0 Å². The molecule has 0 aliphatic rings. The van der Waals surface area contributed by atoms with Crippen molar-refractivity contribution in [3.05, 3.63) is 30.0 Å². The molecule has 1 aromatic heterocycles. The van der Waals surface area contributed by atoms with Gasteiger partial charge in [-0.15, -0.1) is 0 Å². The summed E-state index contributed by atoms with van der Waals surface area (Å²) >= 11 is 0. The summed E-state index contributed by atoms with van der Waals surface area (Å²) in [7, 11) is 5.09. The fraction of sp³-hybridized carbons (Fsp3) is 0.308. The summed E-state index contributed by atoms with van der Waals surface area (Å²) in [4.78, 5) is 13.3. The lowest BCUT2D eigenvalue weighted by molar-refractivity contribution is -0.127. The fourth-order valence-corrected chi connectivity index (χ4v) is 1.74. The van der Waals surface area contributed by atoms with Gasteiger partial charge >= 0.3 is 0 Å². The van der Waals surface area contributed by atoms with Gasteiger partial charge in [0.1, 0.15) is 11.3 Å². The highest BCUT2D eigenvalue weighted by Crippen LogP contribution is 2.30. The monoisotopic (exact) mass is 233 g/mol. The van der Waals surface area contributed by atoms with Gasteiger partial charge in [0.05, 0.1) is 25.2 Å². The van der Waals surface area contributed by atoms with Crippen LogP contribution >= 0.6 is 0 Å². The Kier molecular flexibility index (Phi) is 3.04. The molecule has 0 saturated heterocycles. The molecular formula is C13H15NO3. The molecule has 0 radical (unpaired) electrons. The summed E-state index contributed by atoms with van der Waals surface area (Å²) in [6.07, 6.45) is 1.94. The maximum atomic E-state index is 11.7. The van der Waals surface area contributed by atoms with Gasteiger partial charge in [-0.2, -0.15) is 0 Å². The number of hydrogen-bond acceptors (Lipinski definition) is 3. The summed E-state index contributed by atoms with van der Waals surface area (Å²) in [6.45, 7) is 0. The van der Waals surface area contributed by atoms with E-state index in [9.17, 15) is 4.79 Å². The number of carbonyl (C=O) groups is 1. The quantitative estimate of drug-likeness (QED) is 0.815. The first kappa shape index (κ1) is 11.5. The van der Waals surface area contributed by atoms with Gasteiger partial charge in [0, 0.05) is 19.7 Å². The Balaban J connectivity index is 2.44. The van der Waals surface area contributed by atoms with Crippen molar-refractivity contribution in [3.63, 3.8) is 0 Å². The molecule has 2 rings (SSSR count). The van der Waals surface area contributed by atoms with E-state index in [1.807, 2.05) is 18.2 Å². The number of rotatable bonds is 3. The van der Waals surface area contributed by atoms with Crippen LogP contribution < -0.4 is 4.74 Å². The first-order valence-corrected chi connectivity index (χ1v) is 5.36. The van der Waals surface area contributed by atoms with Crippen LogP contribution in [0.4, 0.5) is 0 Å². The molecule has 90 valence electrons. The van der Waals surface area contributed by atoms with Crippen LogP contribution in [-0.4, -0.2) is 32.0 Å². The number of likely N-dealkylation sites (N-methyl/N-ethyl adjacent to an activating group) is 1. The molecule has 0 unspecified atom stereocenters. The predicted molar refractivity (Wildman–Crippen MR) is 65.2 cm³/mol. The van der Waals surface area contributed by atoms with E-state index in [-0.39, 0.29) is 5.91 Å². The first-order chi connectivity index (χ1) is 8.13. The third-order valence-electron chi connectivity index (χ3n) is 2.70. The molecule has 0 aliphatic heterocycles. The van der Waals surface area contributed by atoms with Crippen molar-refractivity contribution in [2.75, 3.05) is 21.2 Å². The summed E-state index contributed by atoms with van der Waals surface area (Å²) < 4.78 is 10.7. The second-order valence-corrected chi connectivity index (χ2v) is 4.06. The molecule has 17 heavy (non-hydrogen) atoms. The van der Waals surface area contributed by atoms with E-state index in [4.69, 9.17) is 9.15 Å². The highest BCUT2D eigenvalue weighted by atomic mass is 16.5. The zero-order valence-electron chi connectivity index (χ0n) is 10.2. The van der Waals surface area contributed by atoms with Crippen molar-refractivity contribution in [2.45, 2.75) is 6.42 Å². The average Bonchev–Trinajstić information content (AvgIpc) is 2.72. The van der Waals surface area contributed by atoms with Crippen LogP contribution in [-0.2, 0) is 11.2 Å². The minimum absolute atomic E-state index is 0.0404. The maximum Gasteiger partial charge on any atom is 0.226 e. The molecule has 1 aromatic carbocycles. The zero-order valence-corrected chi connectivity index (χ0v) is 10.2. The number of benzene rings is 1. The number of hydrogen-bond donors (Lipinski definition) is 0. The predicted octanol–water partition coefficient (Wildman–Crippen LogP) is 2.07. The van der Waals surface area contributed by atoms with E-state index >= 15 is 0 Å². The summed E-state index contributed by atoms with van der Waals surface area (Å²) in [5, 5.41) is 0.880. The SMILES string of the molecule is COc1cccc2occ(CC(=O)N(C)C)c12. The molecular weight excluding hydrogens is 218 g/mol. The summed E-state index contributed by atoms with van der Waals surface area (Å²) in [5.74, 6) is 0.774. The van der Waals surface area contributed by atoms with Crippen molar-refractivity contribution >= 4 is 16.9 Å². The molecule has 2 aromatic rings. The van der Waals surface area contributed by atoms with Crippen molar-refractivity contribution in [2.24, 2.45) is 0 Å². The van der Waals surface area contributed by atoms with Crippen LogP contribution in [0.25, 0.3) is 11.0 Å². The lowest BCUT2D eigenvalue weighted by Crippen LogP contribution is -2.23. The number of nitrogens with zero attached hydrogens (tertiary/aromatic N) is 1. The number of methoxy groups -OCH3 is 1. The van der Waals surface area contributed by atoms with E-state index in [0.717, 1.165) is 22.3 Å². The van der Waals surface area contributed by atoms with E-state index in [2.05, 4.69) is 0 Å². The van der Waals surface area contributed by atoms with Gasteiger partial charge in [0.15, 0.2) is 0 Å². The van der Waals surface area contributed by atoms with E-state index < -0.39 is 0 Å². The molecule has 1 heterocycles. The van der Waals surface area contributed by atoms with Gasteiger partial charge in [-0.1, -0.05) is 6.07 Å². The molecule has 4 heteroatoms. The third-order valence-corrected chi connectivity index (χ3v) is 2.70. The van der Waals surface area contributed by atoms with Crippen LogP contribution in [0, 0.1) is 0 Å². The van der Waals surface area contributed by atoms with Crippen LogP contribution in [0.3, 0.4) is 0 Å². The lowest BCUT2D eigenvalue weighted by Gasteiger charge is -2.09. The Bertz CT molecular complexity index is 543. The Labute approximate surface area is 99.8 Å². The molecule has 0 saturated carbocycles. The second kappa shape index (κ2) is 4.49. The molecule has 0 atom stereocenters. The molecule has 0 bridgehead atoms. The van der Waals surface area contributed by atoms with Crippen molar-refractivity contribution < 1.29 is 13.9 Å². The van der Waals surface area contributed by atoms with Crippen LogP contribution in [0.5, 0.6) is 5.75 Å². The topological polar surface area (TPSA) is 42.7 Å². The van der Waals surface area contributed by atoms with Crippen molar-refractivity contribution in [1.29, 1.82) is 0 Å². The Morgan fingerprint density at radius 1 is 1.41 bits per heavy atom. The van der Waals surface area contributed by atoms with Gasteiger partial charge in [-0.3, -0.25) is 4.79 Å². The molecule has 0 N–H and O–H groups in total. The molecule has 0 aliphatic carbocycles. The minimum Gasteiger partial charge on any atom is -0.496 e.